The summed E-state index contributed by atoms with van der Waals surface area (Å²) in [7, 11) is 0. The molecule has 0 N–H and O–H groups in total. The minimum atomic E-state index is -4.62. The summed E-state index contributed by atoms with van der Waals surface area (Å²) in [4.78, 5) is 11.6. The van der Waals surface area contributed by atoms with Gasteiger partial charge in [-0.05, 0) is 49.4 Å². The first kappa shape index (κ1) is 19.3. The van der Waals surface area contributed by atoms with Gasteiger partial charge < -0.3 is 14.4 Å². The van der Waals surface area contributed by atoms with Crippen LogP contribution in [-0.4, -0.2) is 25.7 Å². The van der Waals surface area contributed by atoms with Gasteiger partial charge in [-0.25, -0.2) is 0 Å². The highest BCUT2D eigenvalue weighted by Crippen LogP contribution is 2.27. The summed E-state index contributed by atoms with van der Waals surface area (Å²) in [5, 5.41) is 0. The van der Waals surface area contributed by atoms with E-state index >= 15 is 0 Å². The van der Waals surface area contributed by atoms with Crippen molar-refractivity contribution >= 4 is 12.0 Å². The first-order valence-corrected chi connectivity index (χ1v) is 7.90. The maximum absolute atomic E-state index is 12.0. The lowest BCUT2D eigenvalue weighted by Crippen LogP contribution is -2.32. The fourth-order valence-corrected chi connectivity index (χ4v) is 2.24. The van der Waals surface area contributed by atoms with Gasteiger partial charge >= 0.3 is 6.36 Å². The molecule has 0 spiro atoms. The molecule has 0 aliphatic carbocycles. The number of carbonyl (C=O) groups excluding carboxylic acids is 1. The minimum absolute atomic E-state index is 0.170. The van der Waals surface area contributed by atoms with Crippen LogP contribution >= 0.6 is 0 Å². The van der Waals surface area contributed by atoms with Gasteiger partial charge in [0.15, 0.2) is 0 Å². The quantitative estimate of drug-likeness (QED) is 0.742. The largest absolute Gasteiger partial charge is 0.573 e. The molecule has 6 heteroatoms. The summed E-state index contributed by atoms with van der Waals surface area (Å²) in [5.41, 5.74) is 0.955. The zero-order valence-corrected chi connectivity index (χ0v) is 13.6. The molecule has 0 atom stereocenters. The molecule has 23 heavy (non-hydrogen) atoms. The number of ether oxygens (including phenoxy) is 1. The number of carbonyl (C=O) groups is 1. The molecule has 3 nitrogen and oxygen atoms in total. The Kier molecular flexibility index (Phi) is 7.92. The van der Waals surface area contributed by atoms with Crippen molar-refractivity contribution in [3.8, 4) is 5.75 Å². The number of anilines is 1. The Morgan fingerprint density at radius 3 is 2.17 bits per heavy atom. The fourth-order valence-electron chi connectivity index (χ4n) is 2.24. The Morgan fingerprint density at radius 1 is 1.22 bits per heavy atom. The molecule has 0 aromatic heterocycles. The smallest absolute Gasteiger partial charge is 0.406 e. The molecule has 130 valence electrons. The Labute approximate surface area is 135 Å². The summed E-state index contributed by atoms with van der Waals surface area (Å²) in [6, 6.07) is 6.08. The van der Waals surface area contributed by atoms with Crippen LogP contribution in [0.4, 0.5) is 18.9 Å². The number of nitrogens with zero attached hydrogens (tertiary/aromatic N) is 1. The number of hydrogen-bond acceptors (Lipinski definition) is 3. The van der Waals surface area contributed by atoms with Crippen LogP contribution in [0.1, 0.15) is 39.5 Å². The molecule has 1 saturated heterocycles. The second-order valence-electron chi connectivity index (χ2n) is 5.67. The van der Waals surface area contributed by atoms with Crippen molar-refractivity contribution in [1.29, 1.82) is 0 Å². The number of piperidine rings is 1. The van der Waals surface area contributed by atoms with E-state index in [-0.39, 0.29) is 5.75 Å². The molecule has 1 aliphatic rings. The number of halogens is 3. The van der Waals surface area contributed by atoms with Gasteiger partial charge in [-0.1, -0.05) is 13.8 Å². The van der Waals surface area contributed by atoms with E-state index < -0.39 is 6.36 Å². The van der Waals surface area contributed by atoms with Crippen molar-refractivity contribution in [3.63, 3.8) is 0 Å². The summed E-state index contributed by atoms with van der Waals surface area (Å²) in [6.07, 6.45) is 0.243. The van der Waals surface area contributed by atoms with Crippen molar-refractivity contribution in [1.82, 2.24) is 0 Å². The average molecular weight is 331 g/mol. The number of hydrogen-bond donors (Lipinski definition) is 0. The van der Waals surface area contributed by atoms with Crippen LogP contribution in [0, 0.1) is 5.92 Å². The van der Waals surface area contributed by atoms with Gasteiger partial charge in [0, 0.05) is 25.2 Å². The Balaban J connectivity index is 0.000000463. The van der Waals surface area contributed by atoms with Crippen molar-refractivity contribution in [2.24, 2.45) is 5.92 Å². The lowest BCUT2D eigenvalue weighted by molar-refractivity contribution is -0.274. The highest BCUT2D eigenvalue weighted by molar-refractivity contribution is 5.49. The molecule has 0 amide bonds. The van der Waals surface area contributed by atoms with Gasteiger partial charge in [-0.15, -0.1) is 13.2 Å². The molecule has 1 aliphatic heterocycles. The number of alkyl halides is 3. The SMILES string of the molecule is CC1CCN(c2ccc(OC(F)(F)F)cc2)CC1.CCCC=O. The van der Waals surface area contributed by atoms with Crippen molar-refractivity contribution in [2.45, 2.75) is 45.9 Å². The highest BCUT2D eigenvalue weighted by Gasteiger charge is 2.31. The fraction of sp³-hybridized carbons (Fsp3) is 0.588. The van der Waals surface area contributed by atoms with E-state index in [0.717, 1.165) is 50.2 Å². The second kappa shape index (κ2) is 9.43. The van der Waals surface area contributed by atoms with Gasteiger partial charge in [0.05, 0.1) is 0 Å². The van der Waals surface area contributed by atoms with Crippen LogP contribution < -0.4 is 9.64 Å². The summed E-state index contributed by atoms with van der Waals surface area (Å²) >= 11 is 0. The van der Waals surface area contributed by atoms with Gasteiger partial charge in [-0.3, -0.25) is 0 Å². The average Bonchev–Trinajstić information content (AvgIpc) is 2.49. The van der Waals surface area contributed by atoms with Crippen LogP contribution in [0.3, 0.4) is 0 Å². The summed E-state index contributed by atoms with van der Waals surface area (Å²) in [5.74, 6) is 0.561. The topological polar surface area (TPSA) is 29.5 Å². The van der Waals surface area contributed by atoms with E-state index in [2.05, 4.69) is 16.6 Å². The lowest BCUT2D eigenvalue weighted by atomic mass is 9.99. The third kappa shape index (κ3) is 7.90. The van der Waals surface area contributed by atoms with Crippen LogP contribution in [0.2, 0.25) is 0 Å². The zero-order valence-electron chi connectivity index (χ0n) is 13.6. The second-order valence-corrected chi connectivity index (χ2v) is 5.67. The lowest BCUT2D eigenvalue weighted by Gasteiger charge is -2.32. The number of aldehydes is 1. The molecule has 0 radical (unpaired) electrons. The molecule has 0 saturated carbocycles. The number of unbranched alkanes of at least 4 members (excludes halogenated alkanes) is 1. The van der Waals surface area contributed by atoms with E-state index in [1.807, 2.05) is 6.92 Å². The third-order valence-electron chi connectivity index (χ3n) is 3.63. The van der Waals surface area contributed by atoms with E-state index in [4.69, 9.17) is 0 Å². The van der Waals surface area contributed by atoms with Crippen LogP contribution in [0.5, 0.6) is 5.75 Å². The zero-order chi connectivity index (χ0) is 17.3. The van der Waals surface area contributed by atoms with E-state index in [9.17, 15) is 18.0 Å². The molecule has 2 rings (SSSR count). The molecular weight excluding hydrogens is 307 g/mol. The molecule has 0 bridgehead atoms. The minimum Gasteiger partial charge on any atom is -0.406 e. The van der Waals surface area contributed by atoms with Crippen LogP contribution in [-0.2, 0) is 4.79 Å². The van der Waals surface area contributed by atoms with Crippen LogP contribution in [0.25, 0.3) is 0 Å². The van der Waals surface area contributed by atoms with Gasteiger partial charge in [0.1, 0.15) is 12.0 Å². The van der Waals surface area contributed by atoms with Crippen molar-refractivity contribution < 1.29 is 22.7 Å². The molecule has 1 aromatic rings. The van der Waals surface area contributed by atoms with E-state index in [0.29, 0.717) is 6.42 Å². The van der Waals surface area contributed by atoms with Crippen molar-refractivity contribution in [3.05, 3.63) is 24.3 Å². The maximum Gasteiger partial charge on any atom is 0.573 e. The Morgan fingerprint density at radius 2 is 1.78 bits per heavy atom. The van der Waals surface area contributed by atoms with Gasteiger partial charge in [-0.2, -0.15) is 0 Å². The van der Waals surface area contributed by atoms with Crippen molar-refractivity contribution in [2.75, 3.05) is 18.0 Å². The highest BCUT2D eigenvalue weighted by atomic mass is 19.4. The predicted molar refractivity (Wildman–Crippen MR) is 84.7 cm³/mol. The molecule has 1 heterocycles. The van der Waals surface area contributed by atoms with E-state index in [1.165, 1.54) is 12.1 Å². The summed E-state index contributed by atoms with van der Waals surface area (Å²) in [6.45, 7) is 6.12. The standard InChI is InChI=1S/C13H16F3NO.C4H8O/c1-10-6-8-17(9-7-10)11-2-4-12(5-3-11)18-13(14,15)16;1-2-3-4-5/h2-5,10H,6-9H2,1H3;4H,2-3H2,1H3. The molecule has 1 fully saturated rings. The van der Waals surface area contributed by atoms with E-state index in [1.54, 1.807) is 12.1 Å². The first-order valence-electron chi connectivity index (χ1n) is 7.90. The maximum atomic E-state index is 12.0. The molecule has 0 unspecified atom stereocenters. The van der Waals surface area contributed by atoms with Gasteiger partial charge in [0.25, 0.3) is 0 Å². The monoisotopic (exact) mass is 331 g/mol. The number of rotatable bonds is 4. The molecule has 1 aromatic carbocycles. The number of benzene rings is 1. The Bertz CT molecular complexity index is 452. The third-order valence-corrected chi connectivity index (χ3v) is 3.63. The Hall–Kier alpha value is -1.72. The summed E-state index contributed by atoms with van der Waals surface area (Å²) < 4.78 is 39.9. The molecular formula is C17H24F3NO2. The normalized spacial score (nSPS) is 15.6. The predicted octanol–water partition coefficient (Wildman–Crippen LogP) is 4.81. The van der Waals surface area contributed by atoms with Crippen LogP contribution in [0.15, 0.2) is 24.3 Å². The first-order chi connectivity index (χ1) is 10.9. The van der Waals surface area contributed by atoms with Gasteiger partial charge in [0.2, 0.25) is 0 Å².